The Bertz CT molecular complexity index is 869. The van der Waals surface area contributed by atoms with E-state index in [2.05, 4.69) is 15.6 Å². The summed E-state index contributed by atoms with van der Waals surface area (Å²) in [4.78, 5) is 27.8. The number of amides is 1. The lowest BCUT2D eigenvalue weighted by molar-refractivity contribution is -0.384. The van der Waals surface area contributed by atoms with Crippen molar-refractivity contribution in [2.24, 2.45) is 0 Å². The molecule has 1 aromatic carbocycles. The molecule has 1 saturated carbocycles. The maximum Gasteiger partial charge on any atom is 0.293 e. The first-order valence-electron chi connectivity index (χ1n) is 10.9. The van der Waals surface area contributed by atoms with Gasteiger partial charge in [-0.2, -0.15) is 0 Å². The molecular weight excluding hydrogens is 396 g/mol. The first-order valence-corrected chi connectivity index (χ1v) is 10.9. The maximum absolute atomic E-state index is 12.4. The van der Waals surface area contributed by atoms with Crippen molar-refractivity contribution in [1.29, 1.82) is 0 Å². The number of nitro groups is 1. The van der Waals surface area contributed by atoms with E-state index in [1.807, 2.05) is 25.1 Å². The molecule has 0 spiro atoms. The molecule has 166 valence electrons. The second-order valence-electron chi connectivity index (χ2n) is 7.85. The fourth-order valence-corrected chi connectivity index (χ4v) is 3.74. The van der Waals surface area contributed by atoms with Gasteiger partial charge in [0.25, 0.3) is 11.6 Å². The highest BCUT2D eigenvalue weighted by molar-refractivity contribution is 5.95. The van der Waals surface area contributed by atoms with Gasteiger partial charge in [0, 0.05) is 31.0 Å². The maximum atomic E-state index is 12.4. The van der Waals surface area contributed by atoms with Gasteiger partial charge >= 0.3 is 0 Å². The SMILES string of the molecule is CC(Nc1ccc(C(=O)NCCCOC2CCCCC2)cc1[N+](=O)[O-])c1ccccn1. The van der Waals surface area contributed by atoms with Crippen LogP contribution in [-0.2, 0) is 4.74 Å². The summed E-state index contributed by atoms with van der Waals surface area (Å²) in [6, 6.07) is 9.78. The Morgan fingerprint density at radius 1 is 1.26 bits per heavy atom. The number of ether oxygens (including phenoxy) is 1. The van der Waals surface area contributed by atoms with Crippen LogP contribution in [0.25, 0.3) is 0 Å². The molecule has 8 nitrogen and oxygen atoms in total. The fraction of sp³-hybridized carbons (Fsp3) is 0.478. The highest BCUT2D eigenvalue weighted by atomic mass is 16.6. The first kappa shape index (κ1) is 22.7. The number of anilines is 1. The Labute approximate surface area is 182 Å². The van der Waals surface area contributed by atoms with E-state index in [-0.39, 0.29) is 23.2 Å². The van der Waals surface area contributed by atoms with Crippen LogP contribution in [0.15, 0.2) is 42.6 Å². The van der Waals surface area contributed by atoms with Crippen molar-refractivity contribution in [3.05, 3.63) is 64.0 Å². The van der Waals surface area contributed by atoms with Crippen molar-refractivity contribution in [3.8, 4) is 0 Å². The van der Waals surface area contributed by atoms with E-state index < -0.39 is 4.92 Å². The molecular formula is C23H30N4O4. The normalized spacial score (nSPS) is 15.3. The van der Waals surface area contributed by atoms with E-state index in [0.717, 1.165) is 18.5 Å². The second-order valence-corrected chi connectivity index (χ2v) is 7.85. The molecule has 8 heteroatoms. The van der Waals surface area contributed by atoms with Crippen LogP contribution in [0.4, 0.5) is 11.4 Å². The lowest BCUT2D eigenvalue weighted by atomic mass is 9.98. The number of benzene rings is 1. The minimum Gasteiger partial charge on any atom is -0.378 e. The second kappa shape index (κ2) is 11.4. The van der Waals surface area contributed by atoms with E-state index in [0.29, 0.717) is 31.4 Å². The Kier molecular flexibility index (Phi) is 8.35. The van der Waals surface area contributed by atoms with Crippen LogP contribution in [0, 0.1) is 10.1 Å². The van der Waals surface area contributed by atoms with E-state index in [1.165, 1.54) is 25.3 Å². The predicted molar refractivity (Wildman–Crippen MR) is 119 cm³/mol. The third kappa shape index (κ3) is 6.75. The average molecular weight is 427 g/mol. The zero-order chi connectivity index (χ0) is 22.1. The van der Waals surface area contributed by atoms with Crippen molar-refractivity contribution in [1.82, 2.24) is 10.3 Å². The molecule has 3 rings (SSSR count). The van der Waals surface area contributed by atoms with E-state index in [9.17, 15) is 14.9 Å². The molecule has 1 amide bonds. The molecule has 1 atom stereocenters. The topological polar surface area (TPSA) is 106 Å². The summed E-state index contributed by atoms with van der Waals surface area (Å²) in [5, 5.41) is 17.5. The smallest absolute Gasteiger partial charge is 0.293 e. The number of rotatable bonds is 10. The molecule has 0 aliphatic heterocycles. The Hall–Kier alpha value is -3.00. The van der Waals surface area contributed by atoms with E-state index in [1.54, 1.807) is 18.3 Å². The third-order valence-electron chi connectivity index (χ3n) is 5.47. The van der Waals surface area contributed by atoms with E-state index in [4.69, 9.17) is 4.74 Å². The van der Waals surface area contributed by atoms with Crippen LogP contribution in [0.5, 0.6) is 0 Å². The number of hydrogen-bond donors (Lipinski definition) is 2. The van der Waals surface area contributed by atoms with Gasteiger partial charge in [-0.15, -0.1) is 0 Å². The molecule has 1 aliphatic carbocycles. The Balaban J connectivity index is 1.53. The first-order chi connectivity index (χ1) is 15.0. The number of carbonyl (C=O) groups excluding carboxylic acids is 1. The summed E-state index contributed by atoms with van der Waals surface area (Å²) in [5.74, 6) is -0.329. The summed E-state index contributed by atoms with van der Waals surface area (Å²) in [5.41, 5.74) is 1.24. The molecule has 1 heterocycles. The molecule has 2 N–H and O–H groups in total. The highest BCUT2D eigenvalue weighted by Crippen LogP contribution is 2.29. The summed E-state index contributed by atoms with van der Waals surface area (Å²) in [6.45, 7) is 2.96. The number of hydrogen-bond acceptors (Lipinski definition) is 6. The number of carbonyl (C=O) groups is 1. The van der Waals surface area contributed by atoms with Crippen LogP contribution in [0.3, 0.4) is 0 Å². The Morgan fingerprint density at radius 2 is 2.06 bits per heavy atom. The van der Waals surface area contributed by atoms with Gasteiger partial charge in [0.05, 0.1) is 22.8 Å². The Morgan fingerprint density at radius 3 is 2.77 bits per heavy atom. The summed E-state index contributed by atoms with van der Waals surface area (Å²) >= 11 is 0. The molecule has 1 fully saturated rings. The molecule has 0 radical (unpaired) electrons. The van der Waals surface area contributed by atoms with Gasteiger partial charge in [-0.05, 0) is 50.5 Å². The summed E-state index contributed by atoms with van der Waals surface area (Å²) < 4.78 is 5.86. The van der Waals surface area contributed by atoms with Crippen molar-refractivity contribution in [3.63, 3.8) is 0 Å². The molecule has 2 aromatic rings. The molecule has 0 saturated heterocycles. The lowest BCUT2D eigenvalue weighted by Crippen LogP contribution is -2.26. The van der Waals surface area contributed by atoms with Crippen LogP contribution >= 0.6 is 0 Å². The van der Waals surface area contributed by atoms with E-state index >= 15 is 0 Å². The van der Waals surface area contributed by atoms with Gasteiger partial charge in [0.1, 0.15) is 5.69 Å². The van der Waals surface area contributed by atoms with Crippen molar-refractivity contribution >= 4 is 17.3 Å². The van der Waals surface area contributed by atoms with Gasteiger partial charge in [-0.25, -0.2) is 0 Å². The highest BCUT2D eigenvalue weighted by Gasteiger charge is 2.20. The average Bonchev–Trinajstić information content (AvgIpc) is 2.80. The van der Waals surface area contributed by atoms with Crippen molar-refractivity contribution in [2.45, 2.75) is 57.6 Å². The van der Waals surface area contributed by atoms with Crippen LogP contribution in [-0.4, -0.2) is 35.1 Å². The molecule has 0 bridgehead atoms. The standard InChI is InChI=1S/C23H30N4O4/c1-17(20-10-5-6-13-24-20)26-21-12-11-18(16-22(21)27(29)30)23(28)25-14-7-15-31-19-8-3-2-4-9-19/h5-6,10-13,16-17,19,26H,2-4,7-9,14-15H2,1H3,(H,25,28). The van der Waals surface area contributed by atoms with Gasteiger partial charge in [-0.3, -0.25) is 19.9 Å². The molecule has 31 heavy (non-hydrogen) atoms. The van der Waals surface area contributed by atoms with Gasteiger partial charge in [0.2, 0.25) is 0 Å². The zero-order valence-electron chi connectivity index (χ0n) is 17.9. The molecule has 1 aromatic heterocycles. The van der Waals surface area contributed by atoms with Crippen molar-refractivity contribution < 1.29 is 14.5 Å². The van der Waals surface area contributed by atoms with Gasteiger partial charge in [0.15, 0.2) is 0 Å². The quantitative estimate of drug-likeness (QED) is 0.326. The minimum atomic E-state index is -0.484. The summed E-state index contributed by atoms with van der Waals surface area (Å²) in [6.07, 6.45) is 8.72. The monoisotopic (exact) mass is 426 g/mol. The van der Waals surface area contributed by atoms with Gasteiger partial charge in [-0.1, -0.05) is 25.3 Å². The molecule has 1 aliphatic rings. The largest absolute Gasteiger partial charge is 0.378 e. The summed E-state index contributed by atoms with van der Waals surface area (Å²) in [7, 11) is 0. The molecule has 1 unspecified atom stereocenters. The van der Waals surface area contributed by atoms with Gasteiger partial charge < -0.3 is 15.4 Å². The van der Waals surface area contributed by atoms with Crippen LogP contribution in [0.2, 0.25) is 0 Å². The number of nitro benzene ring substituents is 1. The van der Waals surface area contributed by atoms with Crippen LogP contribution in [0.1, 0.15) is 67.5 Å². The van der Waals surface area contributed by atoms with Crippen molar-refractivity contribution in [2.75, 3.05) is 18.5 Å². The number of nitrogens with one attached hydrogen (secondary N) is 2. The zero-order valence-corrected chi connectivity index (χ0v) is 17.9. The number of pyridine rings is 1. The minimum absolute atomic E-state index is 0.143. The van der Waals surface area contributed by atoms with Crippen LogP contribution < -0.4 is 10.6 Å². The fourth-order valence-electron chi connectivity index (χ4n) is 3.74. The number of aromatic nitrogens is 1. The number of nitrogens with zero attached hydrogens (tertiary/aromatic N) is 2. The lowest BCUT2D eigenvalue weighted by Gasteiger charge is -2.21. The third-order valence-corrected chi connectivity index (χ3v) is 5.47. The predicted octanol–water partition coefficient (Wildman–Crippen LogP) is 4.63.